The van der Waals surface area contributed by atoms with Crippen molar-refractivity contribution in [2.45, 2.75) is 0 Å². The number of benzene rings is 1. The van der Waals surface area contributed by atoms with Crippen molar-refractivity contribution in [2.24, 2.45) is 0 Å². The smallest absolute Gasteiger partial charge is 0.121 e. The van der Waals surface area contributed by atoms with Gasteiger partial charge in [0.15, 0.2) is 0 Å². The molecular formula is C13H21N3O2. The summed E-state index contributed by atoms with van der Waals surface area (Å²) in [4.78, 5) is 2.36. The van der Waals surface area contributed by atoms with Crippen molar-refractivity contribution in [3.8, 4) is 5.75 Å². The first-order valence-electron chi connectivity index (χ1n) is 6.34. The average Bonchev–Trinajstić information content (AvgIpc) is 2.41. The molecule has 1 heterocycles. The highest BCUT2D eigenvalue weighted by Crippen LogP contribution is 2.16. The molecule has 0 amide bonds. The van der Waals surface area contributed by atoms with Crippen LogP contribution in [0.1, 0.15) is 0 Å². The Labute approximate surface area is 108 Å². The van der Waals surface area contributed by atoms with E-state index in [9.17, 15) is 0 Å². The summed E-state index contributed by atoms with van der Waals surface area (Å²) in [6, 6.07) is 7.92. The normalized spacial score (nSPS) is 16.5. The minimum atomic E-state index is 0.711. The first kappa shape index (κ1) is 13.1. The molecule has 1 aliphatic rings. The molecule has 1 fully saturated rings. The lowest BCUT2D eigenvalue weighted by Crippen LogP contribution is -2.38. The summed E-state index contributed by atoms with van der Waals surface area (Å²) in [5.74, 6) is 0.892. The van der Waals surface area contributed by atoms with Crippen LogP contribution in [0.5, 0.6) is 5.75 Å². The molecule has 18 heavy (non-hydrogen) atoms. The fraction of sp³-hybridized carbons (Fsp3) is 0.538. The first-order valence-corrected chi connectivity index (χ1v) is 6.34. The van der Waals surface area contributed by atoms with Crippen LogP contribution in [-0.2, 0) is 4.74 Å². The largest absolute Gasteiger partial charge is 0.492 e. The SMILES string of the molecule is CNNc1cccc(OCCN2CCOCC2)c1. The van der Waals surface area contributed by atoms with Crippen LogP contribution in [0.4, 0.5) is 5.69 Å². The van der Waals surface area contributed by atoms with E-state index in [1.165, 1.54) is 0 Å². The number of nitrogens with zero attached hydrogens (tertiary/aromatic N) is 1. The topological polar surface area (TPSA) is 45.8 Å². The molecule has 1 aromatic rings. The number of nitrogens with one attached hydrogen (secondary N) is 2. The molecule has 1 aromatic carbocycles. The predicted molar refractivity (Wildman–Crippen MR) is 71.9 cm³/mol. The predicted octanol–water partition coefficient (Wildman–Crippen LogP) is 0.944. The Morgan fingerprint density at radius 1 is 1.33 bits per heavy atom. The summed E-state index contributed by atoms with van der Waals surface area (Å²) in [5, 5.41) is 0. The molecule has 1 saturated heterocycles. The highest BCUT2D eigenvalue weighted by atomic mass is 16.5. The van der Waals surface area contributed by atoms with Gasteiger partial charge in [0.2, 0.25) is 0 Å². The fourth-order valence-electron chi connectivity index (χ4n) is 1.93. The van der Waals surface area contributed by atoms with E-state index in [4.69, 9.17) is 9.47 Å². The number of hydrogen-bond donors (Lipinski definition) is 2. The maximum Gasteiger partial charge on any atom is 0.121 e. The number of hydrazine groups is 1. The number of rotatable bonds is 6. The van der Waals surface area contributed by atoms with E-state index in [1.54, 1.807) is 0 Å². The van der Waals surface area contributed by atoms with Gasteiger partial charge in [0.25, 0.3) is 0 Å². The van der Waals surface area contributed by atoms with Crippen LogP contribution in [0.15, 0.2) is 24.3 Å². The van der Waals surface area contributed by atoms with Crippen LogP contribution in [0.3, 0.4) is 0 Å². The van der Waals surface area contributed by atoms with Crippen molar-refractivity contribution < 1.29 is 9.47 Å². The third-order valence-electron chi connectivity index (χ3n) is 2.88. The minimum absolute atomic E-state index is 0.711. The number of ether oxygens (including phenoxy) is 2. The monoisotopic (exact) mass is 251 g/mol. The average molecular weight is 251 g/mol. The van der Waals surface area contributed by atoms with Gasteiger partial charge in [-0.1, -0.05) is 6.07 Å². The van der Waals surface area contributed by atoms with Crippen molar-refractivity contribution in [3.05, 3.63) is 24.3 Å². The van der Waals surface area contributed by atoms with Crippen LogP contribution >= 0.6 is 0 Å². The Morgan fingerprint density at radius 2 is 2.17 bits per heavy atom. The maximum absolute atomic E-state index is 5.75. The molecule has 0 atom stereocenters. The third-order valence-corrected chi connectivity index (χ3v) is 2.88. The Morgan fingerprint density at radius 3 is 2.94 bits per heavy atom. The van der Waals surface area contributed by atoms with E-state index in [0.29, 0.717) is 6.61 Å². The van der Waals surface area contributed by atoms with E-state index in [-0.39, 0.29) is 0 Å². The molecule has 0 unspecified atom stereocenters. The van der Waals surface area contributed by atoms with Gasteiger partial charge in [-0.15, -0.1) is 0 Å². The summed E-state index contributed by atoms with van der Waals surface area (Å²) in [6.07, 6.45) is 0. The van der Waals surface area contributed by atoms with Crippen molar-refractivity contribution in [2.75, 3.05) is 51.9 Å². The fourth-order valence-corrected chi connectivity index (χ4v) is 1.93. The van der Waals surface area contributed by atoms with Gasteiger partial charge < -0.3 is 14.9 Å². The molecule has 0 aliphatic carbocycles. The molecule has 1 aliphatic heterocycles. The van der Waals surface area contributed by atoms with E-state index >= 15 is 0 Å². The number of anilines is 1. The minimum Gasteiger partial charge on any atom is -0.492 e. The lowest BCUT2D eigenvalue weighted by atomic mass is 10.3. The second-order valence-electron chi connectivity index (χ2n) is 4.21. The molecule has 5 heteroatoms. The van der Waals surface area contributed by atoms with Gasteiger partial charge in [-0.2, -0.15) is 0 Å². The summed E-state index contributed by atoms with van der Waals surface area (Å²) in [6.45, 7) is 5.34. The maximum atomic E-state index is 5.75. The Hall–Kier alpha value is -1.30. The van der Waals surface area contributed by atoms with Crippen LogP contribution in [0, 0.1) is 0 Å². The highest BCUT2D eigenvalue weighted by Gasteiger charge is 2.09. The number of hydrogen-bond acceptors (Lipinski definition) is 5. The molecule has 0 saturated carbocycles. The molecular weight excluding hydrogens is 230 g/mol. The molecule has 100 valence electrons. The van der Waals surface area contributed by atoms with Crippen molar-refractivity contribution in [3.63, 3.8) is 0 Å². The molecule has 2 N–H and O–H groups in total. The molecule has 2 rings (SSSR count). The Bertz CT molecular complexity index is 354. The van der Waals surface area contributed by atoms with Gasteiger partial charge in [-0.3, -0.25) is 4.90 Å². The number of morpholine rings is 1. The first-order chi connectivity index (χ1) is 8.88. The summed E-state index contributed by atoms with van der Waals surface area (Å²) >= 11 is 0. The molecule has 0 spiro atoms. The Kier molecular flexibility index (Phi) is 5.26. The van der Waals surface area contributed by atoms with Crippen LogP contribution in [0.25, 0.3) is 0 Å². The van der Waals surface area contributed by atoms with Crippen LogP contribution < -0.4 is 15.6 Å². The van der Waals surface area contributed by atoms with Gasteiger partial charge in [-0.25, -0.2) is 5.43 Å². The van der Waals surface area contributed by atoms with E-state index < -0.39 is 0 Å². The van der Waals surface area contributed by atoms with E-state index in [2.05, 4.69) is 15.8 Å². The molecule has 0 bridgehead atoms. The van der Waals surface area contributed by atoms with Crippen molar-refractivity contribution >= 4 is 5.69 Å². The second-order valence-corrected chi connectivity index (χ2v) is 4.21. The van der Waals surface area contributed by atoms with Crippen molar-refractivity contribution in [1.82, 2.24) is 10.3 Å². The van der Waals surface area contributed by atoms with Gasteiger partial charge in [0.1, 0.15) is 12.4 Å². The summed E-state index contributed by atoms with van der Waals surface area (Å²) in [7, 11) is 1.84. The quantitative estimate of drug-likeness (QED) is 0.737. The third kappa shape index (κ3) is 4.18. The van der Waals surface area contributed by atoms with Gasteiger partial charge in [0.05, 0.1) is 18.9 Å². The zero-order chi connectivity index (χ0) is 12.6. The summed E-state index contributed by atoms with van der Waals surface area (Å²) in [5.41, 5.74) is 6.92. The second kappa shape index (κ2) is 7.20. The van der Waals surface area contributed by atoms with Gasteiger partial charge in [-0.05, 0) is 12.1 Å². The summed E-state index contributed by atoms with van der Waals surface area (Å²) < 4.78 is 11.1. The van der Waals surface area contributed by atoms with Crippen LogP contribution in [-0.4, -0.2) is 51.4 Å². The lowest BCUT2D eigenvalue weighted by molar-refractivity contribution is 0.0322. The lowest BCUT2D eigenvalue weighted by Gasteiger charge is -2.26. The van der Waals surface area contributed by atoms with Crippen LogP contribution in [0.2, 0.25) is 0 Å². The zero-order valence-electron chi connectivity index (χ0n) is 10.8. The Balaban J connectivity index is 1.73. The van der Waals surface area contributed by atoms with Gasteiger partial charge >= 0.3 is 0 Å². The van der Waals surface area contributed by atoms with E-state index in [1.807, 2.05) is 31.3 Å². The molecule has 0 radical (unpaired) electrons. The van der Waals surface area contributed by atoms with E-state index in [0.717, 1.165) is 44.3 Å². The van der Waals surface area contributed by atoms with Gasteiger partial charge in [0, 0.05) is 32.7 Å². The zero-order valence-corrected chi connectivity index (χ0v) is 10.8. The van der Waals surface area contributed by atoms with Crippen molar-refractivity contribution in [1.29, 1.82) is 0 Å². The standard InChI is InChI=1S/C13H21N3O2/c1-14-15-12-3-2-4-13(11-12)18-10-7-16-5-8-17-9-6-16/h2-4,11,14-15H,5-10H2,1H3. The molecule has 5 nitrogen and oxygen atoms in total. The molecule has 0 aromatic heterocycles. The highest BCUT2D eigenvalue weighted by molar-refractivity contribution is 5.47.